The number of hydrogen-bond acceptors (Lipinski definition) is 4. The molecule has 3 aromatic rings. The molecule has 3 aromatic carbocycles. The minimum Gasteiger partial charge on any atom is -0.478 e. The van der Waals surface area contributed by atoms with Gasteiger partial charge in [0.1, 0.15) is 18.2 Å². The zero-order chi connectivity index (χ0) is 22.4. The number of carbonyl (C=O) groups is 1. The quantitative estimate of drug-likeness (QED) is 0.377. The first-order valence-electron chi connectivity index (χ1n) is 10.0. The van der Waals surface area contributed by atoms with Crippen LogP contribution in [0, 0.1) is 6.92 Å². The zero-order valence-electron chi connectivity index (χ0n) is 17.1. The van der Waals surface area contributed by atoms with Crippen LogP contribution in [-0.2, 0) is 13.1 Å². The molecule has 4 nitrogen and oxygen atoms in total. The SMILES string of the molecule is Cc1cc2c(c3c1C(=O)/C(=C/c1ccc(Cl)cc1)O3)CN(Cc1ccc(Cl)cc1Cl)CO2. The van der Waals surface area contributed by atoms with Gasteiger partial charge in [-0.15, -0.1) is 0 Å². The van der Waals surface area contributed by atoms with Gasteiger partial charge in [0.05, 0.1) is 11.1 Å². The van der Waals surface area contributed by atoms with Gasteiger partial charge in [0.15, 0.2) is 5.76 Å². The first-order chi connectivity index (χ1) is 15.4. The zero-order valence-corrected chi connectivity index (χ0v) is 19.4. The van der Waals surface area contributed by atoms with Crippen LogP contribution < -0.4 is 9.47 Å². The number of hydrogen-bond donors (Lipinski definition) is 0. The highest BCUT2D eigenvalue weighted by atomic mass is 35.5. The number of benzene rings is 3. The third-order valence-corrected chi connectivity index (χ3v) is 6.40. The van der Waals surface area contributed by atoms with Crippen LogP contribution in [0.25, 0.3) is 6.08 Å². The fourth-order valence-corrected chi connectivity index (χ4v) is 4.57. The van der Waals surface area contributed by atoms with Crippen LogP contribution in [0.5, 0.6) is 11.5 Å². The monoisotopic (exact) mass is 485 g/mol. The van der Waals surface area contributed by atoms with Crippen molar-refractivity contribution in [1.82, 2.24) is 4.90 Å². The summed E-state index contributed by atoms with van der Waals surface area (Å²) in [7, 11) is 0. The Balaban J connectivity index is 1.45. The molecule has 0 N–H and O–H groups in total. The number of allylic oxidation sites excluding steroid dienone is 1. The standard InChI is InChI=1S/C25H18Cl3NO3/c1-14-8-21-19(12-29(13-31-21)11-16-4-7-18(27)10-20(16)28)25-23(14)24(30)22(32-25)9-15-2-5-17(26)6-3-15/h2-10H,11-13H2,1H3/b22-9-. The van der Waals surface area contributed by atoms with Gasteiger partial charge in [-0.3, -0.25) is 9.69 Å². The molecule has 0 amide bonds. The summed E-state index contributed by atoms with van der Waals surface area (Å²) in [5.41, 5.74) is 4.06. The van der Waals surface area contributed by atoms with Gasteiger partial charge >= 0.3 is 0 Å². The molecule has 0 spiro atoms. The highest BCUT2D eigenvalue weighted by Gasteiger charge is 2.35. The number of nitrogens with zero attached hydrogens (tertiary/aromatic N) is 1. The molecule has 2 aliphatic heterocycles. The Hall–Kier alpha value is -2.50. The molecule has 2 aliphatic rings. The molecule has 0 atom stereocenters. The summed E-state index contributed by atoms with van der Waals surface area (Å²) in [5.74, 6) is 1.46. The van der Waals surface area contributed by atoms with E-state index in [-0.39, 0.29) is 11.5 Å². The molecule has 7 heteroatoms. The van der Waals surface area contributed by atoms with Crippen molar-refractivity contribution in [3.8, 4) is 11.5 Å². The van der Waals surface area contributed by atoms with Crippen molar-refractivity contribution >= 4 is 46.7 Å². The lowest BCUT2D eigenvalue weighted by Crippen LogP contribution is -2.32. The highest BCUT2D eigenvalue weighted by Crippen LogP contribution is 2.44. The first kappa shape index (κ1) is 21.4. The minimum atomic E-state index is -0.131. The molecular weight excluding hydrogens is 469 g/mol. The fourth-order valence-electron chi connectivity index (χ4n) is 3.98. The molecule has 162 valence electrons. The minimum absolute atomic E-state index is 0.131. The maximum absolute atomic E-state index is 13.1. The Morgan fingerprint density at radius 2 is 1.78 bits per heavy atom. The van der Waals surface area contributed by atoms with E-state index in [1.54, 1.807) is 24.3 Å². The number of carbonyl (C=O) groups excluding carboxylic acids is 1. The molecular formula is C25H18Cl3NO3. The van der Waals surface area contributed by atoms with Crippen LogP contribution in [0.2, 0.25) is 15.1 Å². The number of fused-ring (bicyclic) bond motifs is 3. The van der Waals surface area contributed by atoms with Crippen LogP contribution in [0.3, 0.4) is 0 Å². The lowest BCUT2D eigenvalue weighted by molar-refractivity contribution is 0.0872. The molecule has 0 fully saturated rings. The number of halogens is 3. The Kier molecular flexibility index (Phi) is 5.64. The van der Waals surface area contributed by atoms with Crippen molar-refractivity contribution in [3.63, 3.8) is 0 Å². The van der Waals surface area contributed by atoms with E-state index in [1.165, 1.54) is 0 Å². The summed E-state index contributed by atoms with van der Waals surface area (Å²) in [6.07, 6.45) is 1.74. The number of ketones is 1. The lowest BCUT2D eigenvalue weighted by Gasteiger charge is -2.30. The largest absolute Gasteiger partial charge is 0.478 e. The molecule has 5 rings (SSSR count). The molecule has 0 bridgehead atoms. The first-order valence-corrected chi connectivity index (χ1v) is 11.2. The van der Waals surface area contributed by atoms with E-state index in [1.807, 2.05) is 37.3 Å². The Morgan fingerprint density at radius 3 is 2.53 bits per heavy atom. The van der Waals surface area contributed by atoms with Crippen molar-refractivity contribution in [1.29, 1.82) is 0 Å². The lowest BCUT2D eigenvalue weighted by atomic mass is 9.98. The van der Waals surface area contributed by atoms with Crippen molar-refractivity contribution in [2.75, 3.05) is 6.73 Å². The summed E-state index contributed by atoms with van der Waals surface area (Å²) in [5, 5.41) is 1.84. The van der Waals surface area contributed by atoms with Crippen LogP contribution >= 0.6 is 34.8 Å². The van der Waals surface area contributed by atoms with E-state index in [9.17, 15) is 4.79 Å². The van der Waals surface area contributed by atoms with Gasteiger partial charge in [-0.1, -0.05) is 53.0 Å². The normalized spacial score (nSPS) is 16.5. The predicted molar refractivity (Wildman–Crippen MR) is 127 cm³/mol. The molecule has 0 saturated heterocycles. The topological polar surface area (TPSA) is 38.8 Å². The van der Waals surface area contributed by atoms with Crippen LogP contribution in [-0.4, -0.2) is 17.4 Å². The van der Waals surface area contributed by atoms with E-state index >= 15 is 0 Å². The van der Waals surface area contributed by atoms with Gasteiger partial charge in [0, 0.05) is 28.2 Å². The van der Waals surface area contributed by atoms with Crippen molar-refractivity contribution < 1.29 is 14.3 Å². The van der Waals surface area contributed by atoms with Gasteiger partial charge in [-0.05, 0) is 60.0 Å². The highest BCUT2D eigenvalue weighted by molar-refractivity contribution is 6.35. The second kappa shape index (κ2) is 8.45. The Morgan fingerprint density at radius 1 is 1.03 bits per heavy atom. The number of ether oxygens (including phenoxy) is 2. The maximum Gasteiger partial charge on any atom is 0.232 e. The Labute approximate surface area is 200 Å². The van der Waals surface area contributed by atoms with Gasteiger partial charge < -0.3 is 9.47 Å². The molecule has 0 radical (unpaired) electrons. The third kappa shape index (κ3) is 4.00. The molecule has 2 heterocycles. The van der Waals surface area contributed by atoms with Gasteiger partial charge in [-0.2, -0.15) is 0 Å². The molecule has 0 unspecified atom stereocenters. The second-order valence-corrected chi connectivity index (χ2v) is 9.14. The molecule has 0 aliphatic carbocycles. The average Bonchev–Trinajstić information content (AvgIpc) is 3.09. The molecule has 0 aromatic heterocycles. The fraction of sp³-hybridized carbons (Fsp3) is 0.160. The molecule has 32 heavy (non-hydrogen) atoms. The van der Waals surface area contributed by atoms with E-state index in [4.69, 9.17) is 44.3 Å². The van der Waals surface area contributed by atoms with Crippen LogP contribution in [0.1, 0.15) is 32.6 Å². The summed E-state index contributed by atoms with van der Waals surface area (Å²) < 4.78 is 12.1. The molecule has 0 saturated carbocycles. The number of Topliss-reactive ketones (excluding diaryl/α,β-unsaturated/α-hetero) is 1. The van der Waals surface area contributed by atoms with E-state index in [0.717, 1.165) is 28.0 Å². The smallest absolute Gasteiger partial charge is 0.232 e. The Bertz CT molecular complexity index is 1270. The van der Waals surface area contributed by atoms with Gasteiger partial charge in [0.25, 0.3) is 0 Å². The van der Waals surface area contributed by atoms with E-state index < -0.39 is 0 Å². The average molecular weight is 487 g/mol. The number of rotatable bonds is 3. The van der Waals surface area contributed by atoms with Gasteiger partial charge in [-0.25, -0.2) is 0 Å². The number of aryl methyl sites for hydroxylation is 1. The maximum atomic E-state index is 13.1. The third-order valence-electron chi connectivity index (χ3n) is 5.56. The van der Waals surface area contributed by atoms with E-state index in [0.29, 0.717) is 46.2 Å². The van der Waals surface area contributed by atoms with E-state index in [2.05, 4.69) is 4.90 Å². The predicted octanol–water partition coefficient (Wildman–Crippen LogP) is 6.92. The van der Waals surface area contributed by atoms with Crippen molar-refractivity contribution in [3.05, 3.63) is 97.2 Å². The van der Waals surface area contributed by atoms with Crippen LogP contribution in [0.15, 0.2) is 54.3 Å². The second-order valence-electron chi connectivity index (χ2n) is 7.86. The summed E-state index contributed by atoms with van der Waals surface area (Å²) in [4.78, 5) is 15.2. The summed E-state index contributed by atoms with van der Waals surface area (Å²) in [6, 6.07) is 14.6. The van der Waals surface area contributed by atoms with Crippen LogP contribution in [0.4, 0.5) is 0 Å². The van der Waals surface area contributed by atoms with Crippen molar-refractivity contribution in [2.24, 2.45) is 0 Å². The van der Waals surface area contributed by atoms with Crippen molar-refractivity contribution in [2.45, 2.75) is 20.0 Å². The summed E-state index contributed by atoms with van der Waals surface area (Å²) >= 11 is 18.3. The van der Waals surface area contributed by atoms with Gasteiger partial charge in [0.2, 0.25) is 5.78 Å². The summed E-state index contributed by atoms with van der Waals surface area (Å²) in [6.45, 7) is 3.46.